The molecule has 2 saturated carbocycles. The summed E-state index contributed by atoms with van der Waals surface area (Å²) in [6.45, 7) is 2.21. The van der Waals surface area contributed by atoms with Gasteiger partial charge < -0.3 is 4.74 Å². The molecule has 0 saturated heterocycles. The van der Waals surface area contributed by atoms with Crippen LogP contribution in [0.4, 0.5) is 30.7 Å². The van der Waals surface area contributed by atoms with Crippen molar-refractivity contribution in [1.82, 2.24) is 0 Å². The van der Waals surface area contributed by atoms with Crippen molar-refractivity contribution in [2.75, 3.05) is 0 Å². The summed E-state index contributed by atoms with van der Waals surface area (Å²) in [4.78, 5) is 0. The maximum Gasteiger partial charge on any atom is 0.422 e. The van der Waals surface area contributed by atoms with Crippen LogP contribution < -0.4 is 4.74 Å². The molecule has 2 aliphatic rings. The Labute approximate surface area is 207 Å². The zero-order chi connectivity index (χ0) is 26.0. The smallest absolute Gasteiger partial charge is 0.422 e. The Kier molecular flexibility index (Phi) is 8.20. The molecule has 0 aliphatic heterocycles. The molecule has 1 nitrogen and oxygen atoms in total. The van der Waals surface area contributed by atoms with Gasteiger partial charge in [0, 0.05) is 17.7 Å². The van der Waals surface area contributed by atoms with Crippen molar-refractivity contribution in [2.45, 2.75) is 83.2 Å². The van der Waals surface area contributed by atoms with Crippen LogP contribution >= 0.6 is 0 Å². The van der Waals surface area contributed by atoms with Gasteiger partial charge in [0.2, 0.25) is 0 Å². The summed E-state index contributed by atoms with van der Waals surface area (Å²) in [6, 6.07) is 2.68. The Morgan fingerprint density at radius 1 is 0.778 bits per heavy atom. The fraction of sp³-hybridized carbons (Fsp3) is 0.571. The largest absolute Gasteiger partial charge is 0.454 e. The fourth-order valence-corrected chi connectivity index (χ4v) is 6.24. The van der Waals surface area contributed by atoms with Crippen LogP contribution in [0, 0.1) is 41.0 Å². The lowest BCUT2D eigenvalue weighted by Crippen LogP contribution is -2.26. The highest BCUT2D eigenvalue weighted by molar-refractivity contribution is 5.40. The molecule has 36 heavy (non-hydrogen) atoms. The van der Waals surface area contributed by atoms with Crippen LogP contribution in [-0.2, 0) is 6.18 Å². The van der Waals surface area contributed by atoms with Crippen molar-refractivity contribution in [2.24, 2.45) is 17.8 Å². The average molecular weight is 517 g/mol. The van der Waals surface area contributed by atoms with Crippen molar-refractivity contribution in [3.8, 4) is 11.5 Å². The van der Waals surface area contributed by atoms with Crippen LogP contribution in [0.3, 0.4) is 0 Å². The van der Waals surface area contributed by atoms with E-state index in [1.807, 2.05) is 0 Å². The van der Waals surface area contributed by atoms with E-state index in [2.05, 4.69) is 6.92 Å². The highest BCUT2D eigenvalue weighted by atomic mass is 19.4. The molecular weight excluding hydrogens is 485 g/mol. The van der Waals surface area contributed by atoms with Crippen LogP contribution in [0.25, 0.3) is 0 Å². The van der Waals surface area contributed by atoms with E-state index in [1.165, 1.54) is 38.5 Å². The van der Waals surface area contributed by atoms with Gasteiger partial charge in [-0.2, -0.15) is 13.2 Å². The number of alkyl halides is 3. The fourth-order valence-electron chi connectivity index (χ4n) is 6.24. The third-order valence-corrected chi connectivity index (χ3v) is 8.05. The summed E-state index contributed by atoms with van der Waals surface area (Å²) < 4.78 is 101. The van der Waals surface area contributed by atoms with E-state index in [0.717, 1.165) is 30.9 Å². The summed E-state index contributed by atoms with van der Waals surface area (Å²) in [5.74, 6) is -4.92. The van der Waals surface area contributed by atoms with E-state index >= 15 is 4.39 Å². The molecule has 8 heteroatoms. The van der Waals surface area contributed by atoms with Gasteiger partial charge >= 0.3 is 6.18 Å². The molecule has 0 aromatic heterocycles. The third kappa shape index (κ3) is 5.83. The molecule has 0 bridgehead atoms. The molecule has 0 unspecified atom stereocenters. The number of benzene rings is 2. The number of halogens is 7. The first-order valence-electron chi connectivity index (χ1n) is 12.8. The molecule has 0 spiro atoms. The average Bonchev–Trinajstić information content (AvgIpc) is 2.81. The molecule has 0 atom stereocenters. The van der Waals surface area contributed by atoms with Crippen LogP contribution in [-0.4, -0.2) is 0 Å². The van der Waals surface area contributed by atoms with E-state index in [0.29, 0.717) is 36.8 Å². The molecule has 4 rings (SSSR count). The maximum absolute atomic E-state index is 15.3. The van der Waals surface area contributed by atoms with Crippen molar-refractivity contribution in [3.63, 3.8) is 0 Å². The van der Waals surface area contributed by atoms with E-state index in [9.17, 15) is 26.3 Å². The minimum atomic E-state index is -5.23. The van der Waals surface area contributed by atoms with E-state index in [4.69, 9.17) is 4.74 Å². The van der Waals surface area contributed by atoms with Crippen molar-refractivity contribution < 1.29 is 35.5 Å². The standard InChI is InChI=1S/C28H31F7O/c1-2-3-16-4-6-17(7-5-16)18-8-10-19(11-9-18)25-21(29)12-13-24(27(25)32)36-20-14-22(30)26(23(31)15-20)28(33,34)35/h12-19H,2-11H2,1H3. The molecule has 2 fully saturated rings. The number of ether oxygens (including phenoxy) is 1. The van der Waals surface area contributed by atoms with Crippen LogP contribution in [0.1, 0.15) is 88.2 Å². The quantitative estimate of drug-likeness (QED) is 0.347. The van der Waals surface area contributed by atoms with Gasteiger partial charge in [-0.3, -0.25) is 0 Å². The number of hydrogen-bond acceptors (Lipinski definition) is 1. The van der Waals surface area contributed by atoms with Crippen molar-refractivity contribution >= 4 is 0 Å². The highest BCUT2D eigenvalue weighted by Gasteiger charge is 2.38. The summed E-state index contributed by atoms with van der Waals surface area (Å²) in [5, 5.41) is 0. The monoisotopic (exact) mass is 516 g/mol. The lowest BCUT2D eigenvalue weighted by molar-refractivity contribution is -0.142. The van der Waals surface area contributed by atoms with E-state index in [1.54, 1.807) is 0 Å². The molecule has 2 aliphatic carbocycles. The Morgan fingerprint density at radius 2 is 1.33 bits per heavy atom. The third-order valence-electron chi connectivity index (χ3n) is 8.05. The minimum Gasteiger partial charge on any atom is -0.454 e. The van der Waals surface area contributed by atoms with Crippen LogP contribution in [0.2, 0.25) is 0 Å². The number of rotatable bonds is 6. The molecule has 2 aromatic carbocycles. The topological polar surface area (TPSA) is 9.23 Å². The van der Waals surface area contributed by atoms with Crippen molar-refractivity contribution in [1.29, 1.82) is 0 Å². The van der Waals surface area contributed by atoms with Crippen LogP contribution in [0.5, 0.6) is 11.5 Å². The first-order valence-corrected chi connectivity index (χ1v) is 12.8. The Hall–Kier alpha value is -2.25. The van der Waals surface area contributed by atoms with Gasteiger partial charge in [-0.25, -0.2) is 17.6 Å². The summed E-state index contributed by atoms with van der Waals surface area (Å²) in [6.07, 6.45) is 5.22. The summed E-state index contributed by atoms with van der Waals surface area (Å²) in [7, 11) is 0. The Balaban J connectivity index is 1.45. The predicted octanol–water partition coefficient (Wildman–Crippen LogP) is 9.93. The second-order valence-electron chi connectivity index (χ2n) is 10.3. The van der Waals surface area contributed by atoms with Crippen molar-refractivity contribution in [3.05, 3.63) is 58.7 Å². The Morgan fingerprint density at radius 3 is 1.86 bits per heavy atom. The zero-order valence-corrected chi connectivity index (χ0v) is 20.2. The highest BCUT2D eigenvalue weighted by Crippen LogP contribution is 2.46. The normalized spacial score (nSPS) is 25.1. The maximum atomic E-state index is 15.3. The second-order valence-corrected chi connectivity index (χ2v) is 10.3. The molecule has 0 radical (unpaired) electrons. The van der Waals surface area contributed by atoms with E-state index < -0.39 is 46.5 Å². The van der Waals surface area contributed by atoms with Gasteiger partial charge in [0.05, 0.1) is 0 Å². The lowest BCUT2D eigenvalue weighted by atomic mass is 9.68. The zero-order valence-electron chi connectivity index (χ0n) is 20.2. The lowest BCUT2D eigenvalue weighted by Gasteiger charge is -2.38. The van der Waals surface area contributed by atoms with Gasteiger partial charge in [0.1, 0.15) is 28.8 Å². The molecule has 0 N–H and O–H groups in total. The summed E-state index contributed by atoms with van der Waals surface area (Å²) >= 11 is 0. The molecular formula is C28H31F7O. The van der Waals surface area contributed by atoms with Gasteiger partial charge in [-0.15, -0.1) is 0 Å². The minimum absolute atomic E-state index is 0.134. The second kappa shape index (κ2) is 11.0. The van der Waals surface area contributed by atoms with Gasteiger partial charge in [0.15, 0.2) is 11.6 Å². The first-order chi connectivity index (χ1) is 17.1. The number of hydrogen-bond donors (Lipinski definition) is 0. The first kappa shape index (κ1) is 26.8. The molecule has 0 amide bonds. The predicted molar refractivity (Wildman–Crippen MR) is 123 cm³/mol. The van der Waals surface area contributed by atoms with E-state index in [-0.39, 0.29) is 11.5 Å². The SMILES string of the molecule is CCCC1CCC(C2CCC(c3c(F)ccc(Oc4cc(F)c(C(F)(F)F)c(F)c4)c3F)CC2)CC1. The molecule has 2 aromatic rings. The van der Waals surface area contributed by atoms with Crippen LogP contribution in [0.15, 0.2) is 24.3 Å². The summed E-state index contributed by atoms with van der Waals surface area (Å²) in [5.41, 5.74) is -2.18. The van der Waals surface area contributed by atoms with Gasteiger partial charge in [-0.1, -0.05) is 32.6 Å². The van der Waals surface area contributed by atoms with Gasteiger partial charge in [0.25, 0.3) is 0 Å². The van der Waals surface area contributed by atoms with Gasteiger partial charge in [-0.05, 0) is 74.3 Å². The molecule has 198 valence electrons. The molecule has 0 heterocycles. The Bertz CT molecular complexity index is 1030.